The van der Waals surface area contributed by atoms with Gasteiger partial charge in [-0.25, -0.2) is 4.68 Å². The second kappa shape index (κ2) is 13.9. The maximum absolute atomic E-state index is 13.1. The lowest BCUT2D eigenvalue weighted by Crippen LogP contribution is -2.37. The summed E-state index contributed by atoms with van der Waals surface area (Å²) in [6, 6.07) is 11.7. The monoisotopic (exact) mass is 720 g/mol. The van der Waals surface area contributed by atoms with Gasteiger partial charge in [-0.3, -0.25) is 4.79 Å². The number of carbonyl (C=O) groups excluding carboxylic acids is 1. The molecule has 1 atom stereocenters. The Morgan fingerprint density at radius 2 is 2.00 bits per heavy atom. The number of phenols is 1. The molecule has 0 amide bonds. The number of hydrogen-bond acceptors (Lipinski definition) is 9. The number of methoxy groups -OCH3 is 1. The van der Waals surface area contributed by atoms with Crippen LogP contribution in [-0.4, -0.2) is 57.8 Å². The molecule has 45 heavy (non-hydrogen) atoms. The van der Waals surface area contributed by atoms with Crippen LogP contribution in [0.4, 0.5) is 0 Å². The third kappa shape index (κ3) is 7.06. The Hall–Kier alpha value is -3.39. The van der Waals surface area contributed by atoms with Crippen LogP contribution in [0.5, 0.6) is 17.2 Å². The Morgan fingerprint density at radius 1 is 1.20 bits per heavy atom. The van der Waals surface area contributed by atoms with Crippen molar-refractivity contribution in [3.05, 3.63) is 75.3 Å². The SMILES string of the molecule is CCOC(=O)CC(c1cc(CN2Cc3cc(O)ccc3OS2(=O)=O)c(Cl)c(OC)c1)c1ccc2c(nnn2CCCCBr)c1C. The fraction of sp³-hybridized carbons (Fsp3) is 0.387. The molecule has 1 aromatic heterocycles. The molecule has 0 saturated heterocycles. The standard InChI is InChI=1S/C31H34BrClN4O7S/c1-4-43-29(39)16-25(24-8-9-26-31(19(24)2)34-35-37(26)12-6-5-11-32)20-13-22(30(33)28(15-20)42-3)18-36-17-21-14-23(38)7-10-27(21)44-45(36,40)41/h7-10,13-15,25,38H,4-6,11-12,16-18H2,1-3H3. The summed E-state index contributed by atoms with van der Waals surface area (Å²) in [6.45, 7) is 4.48. The molecule has 11 nitrogen and oxygen atoms in total. The van der Waals surface area contributed by atoms with E-state index in [2.05, 4.69) is 26.2 Å². The molecule has 240 valence electrons. The van der Waals surface area contributed by atoms with Crippen molar-refractivity contribution in [2.75, 3.05) is 19.0 Å². The van der Waals surface area contributed by atoms with Crippen molar-refractivity contribution in [2.24, 2.45) is 0 Å². The number of esters is 1. The van der Waals surface area contributed by atoms with Crippen LogP contribution in [0.25, 0.3) is 11.0 Å². The summed E-state index contributed by atoms with van der Waals surface area (Å²) in [5.74, 6) is -0.417. The zero-order valence-corrected chi connectivity index (χ0v) is 28.3. The Balaban J connectivity index is 1.56. The van der Waals surface area contributed by atoms with Crippen LogP contribution in [0, 0.1) is 6.92 Å². The van der Waals surface area contributed by atoms with Crippen LogP contribution in [0.3, 0.4) is 0 Å². The molecule has 1 aliphatic heterocycles. The Labute approximate surface area is 275 Å². The predicted molar refractivity (Wildman–Crippen MR) is 173 cm³/mol. The highest BCUT2D eigenvalue weighted by Gasteiger charge is 2.33. The molecule has 0 aliphatic carbocycles. The van der Waals surface area contributed by atoms with Gasteiger partial charge in [0.1, 0.15) is 22.8 Å². The molecule has 0 saturated carbocycles. The van der Waals surface area contributed by atoms with E-state index in [1.807, 2.05) is 23.7 Å². The lowest BCUT2D eigenvalue weighted by molar-refractivity contribution is -0.143. The number of nitrogens with zero attached hydrogens (tertiary/aromatic N) is 4. The van der Waals surface area contributed by atoms with Gasteiger partial charge in [0.05, 0.1) is 30.7 Å². The highest BCUT2D eigenvalue weighted by Crippen LogP contribution is 2.40. The third-order valence-corrected chi connectivity index (χ3v) is 10.1. The average molecular weight is 722 g/mol. The van der Waals surface area contributed by atoms with E-state index in [-0.39, 0.29) is 48.6 Å². The molecule has 1 aliphatic rings. The summed E-state index contributed by atoms with van der Waals surface area (Å²) >= 11 is 10.2. The number of unbranched alkanes of at least 4 members (excludes halogenated alkanes) is 1. The van der Waals surface area contributed by atoms with Gasteiger partial charge in [0.25, 0.3) is 0 Å². The zero-order valence-electron chi connectivity index (χ0n) is 25.1. The van der Waals surface area contributed by atoms with Crippen LogP contribution in [0.15, 0.2) is 42.5 Å². The largest absolute Gasteiger partial charge is 0.508 e. The second-order valence-corrected chi connectivity index (χ2v) is 13.4. The Bertz CT molecular complexity index is 1830. The number of ether oxygens (including phenoxy) is 2. The minimum atomic E-state index is -4.18. The maximum Gasteiger partial charge on any atom is 0.385 e. The van der Waals surface area contributed by atoms with Crippen molar-refractivity contribution in [1.82, 2.24) is 19.3 Å². The number of phenolic OH excluding ortho intramolecular Hbond substituents is 1. The van der Waals surface area contributed by atoms with Crippen molar-refractivity contribution in [3.8, 4) is 17.2 Å². The van der Waals surface area contributed by atoms with E-state index in [1.165, 1.54) is 25.3 Å². The molecule has 0 radical (unpaired) electrons. The Morgan fingerprint density at radius 3 is 2.73 bits per heavy atom. The topological polar surface area (TPSA) is 133 Å². The molecule has 1 unspecified atom stereocenters. The van der Waals surface area contributed by atoms with Crippen molar-refractivity contribution in [1.29, 1.82) is 0 Å². The van der Waals surface area contributed by atoms with E-state index in [9.17, 15) is 18.3 Å². The van der Waals surface area contributed by atoms with Gasteiger partial charge in [-0.2, -0.15) is 12.7 Å². The number of alkyl halides is 1. The first kappa shape index (κ1) is 33.0. The normalized spacial score (nSPS) is 15.0. The van der Waals surface area contributed by atoms with Crippen LogP contribution in [-0.2, 0) is 39.5 Å². The number of aromatic hydroxyl groups is 1. The highest BCUT2D eigenvalue weighted by atomic mass is 79.9. The summed E-state index contributed by atoms with van der Waals surface area (Å²) in [7, 11) is -2.70. The number of halogens is 2. The molecule has 14 heteroatoms. The number of rotatable bonds is 12. The maximum atomic E-state index is 13.1. The first-order chi connectivity index (χ1) is 21.6. The summed E-state index contributed by atoms with van der Waals surface area (Å²) in [6.07, 6.45) is 1.98. The molecule has 0 spiro atoms. The third-order valence-electron chi connectivity index (χ3n) is 7.80. The van der Waals surface area contributed by atoms with Gasteiger partial charge >= 0.3 is 16.3 Å². The number of benzene rings is 3. The van der Waals surface area contributed by atoms with Crippen LogP contribution >= 0.6 is 27.5 Å². The minimum Gasteiger partial charge on any atom is -0.508 e. The minimum absolute atomic E-state index is 0.00795. The molecular weight excluding hydrogens is 688 g/mol. The van der Waals surface area contributed by atoms with Gasteiger partial charge in [0.2, 0.25) is 0 Å². The number of hydrogen-bond donors (Lipinski definition) is 1. The number of carbonyl (C=O) groups is 1. The highest BCUT2D eigenvalue weighted by molar-refractivity contribution is 9.09. The Kier molecular flexibility index (Phi) is 10.2. The van der Waals surface area contributed by atoms with E-state index < -0.39 is 16.2 Å². The fourth-order valence-electron chi connectivity index (χ4n) is 5.55. The summed E-state index contributed by atoms with van der Waals surface area (Å²) in [5.41, 5.74) is 4.99. The van der Waals surface area contributed by atoms with E-state index >= 15 is 0 Å². The molecule has 4 aromatic rings. The van der Waals surface area contributed by atoms with E-state index in [0.717, 1.165) is 51.2 Å². The van der Waals surface area contributed by atoms with Crippen molar-refractivity contribution < 1.29 is 32.0 Å². The summed E-state index contributed by atoms with van der Waals surface area (Å²) < 4.78 is 45.5. The fourth-order valence-corrected chi connectivity index (χ4v) is 7.28. The molecule has 3 aromatic carbocycles. The van der Waals surface area contributed by atoms with Gasteiger partial charge in [0.15, 0.2) is 0 Å². The second-order valence-electron chi connectivity index (χ2n) is 10.7. The first-order valence-corrected chi connectivity index (χ1v) is 17.3. The zero-order chi connectivity index (χ0) is 32.3. The van der Waals surface area contributed by atoms with Crippen molar-refractivity contribution in [3.63, 3.8) is 0 Å². The average Bonchev–Trinajstić information content (AvgIpc) is 3.42. The van der Waals surface area contributed by atoms with Gasteiger partial charge in [-0.1, -0.05) is 44.9 Å². The van der Waals surface area contributed by atoms with Crippen molar-refractivity contribution >= 4 is 54.8 Å². The molecule has 0 bridgehead atoms. The van der Waals surface area contributed by atoms with Crippen LogP contribution in [0.1, 0.15) is 59.9 Å². The first-order valence-electron chi connectivity index (χ1n) is 14.5. The lowest BCUT2D eigenvalue weighted by atomic mass is 9.84. The van der Waals surface area contributed by atoms with E-state index in [0.29, 0.717) is 22.4 Å². The van der Waals surface area contributed by atoms with Gasteiger partial charge < -0.3 is 18.8 Å². The molecule has 1 N–H and O–H groups in total. The summed E-state index contributed by atoms with van der Waals surface area (Å²) in [5, 5.41) is 19.9. The quantitative estimate of drug-likeness (QED) is 0.106. The predicted octanol–water partition coefficient (Wildman–Crippen LogP) is 6.01. The van der Waals surface area contributed by atoms with Gasteiger partial charge in [-0.15, -0.1) is 5.10 Å². The molecular formula is C31H34BrClN4O7S. The van der Waals surface area contributed by atoms with Crippen molar-refractivity contribution in [2.45, 2.75) is 58.7 Å². The summed E-state index contributed by atoms with van der Waals surface area (Å²) in [4.78, 5) is 12.9. The molecule has 0 fully saturated rings. The number of aromatic nitrogens is 3. The van der Waals surface area contributed by atoms with Crippen LogP contribution < -0.4 is 8.92 Å². The van der Waals surface area contributed by atoms with E-state index in [1.54, 1.807) is 19.1 Å². The lowest BCUT2D eigenvalue weighted by Gasteiger charge is -2.29. The smallest absolute Gasteiger partial charge is 0.385 e. The molecule has 2 heterocycles. The molecule has 5 rings (SSSR count). The van der Waals surface area contributed by atoms with Crippen LogP contribution in [0.2, 0.25) is 5.02 Å². The van der Waals surface area contributed by atoms with Gasteiger partial charge in [0, 0.05) is 36.4 Å². The van der Waals surface area contributed by atoms with E-state index in [4.69, 9.17) is 25.3 Å². The number of aryl methyl sites for hydroxylation is 2. The van der Waals surface area contributed by atoms with Gasteiger partial charge in [-0.05, 0) is 79.3 Å². The number of fused-ring (bicyclic) bond motifs is 2.